The summed E-state index contributed by atoms with van der Waals surface area (Å²) in [6.45, 7) is 12.4. The quantitative estimate of drug-likeness (QED) is 0.321. The molecular formula is C31H42. The van der Waals surface area contributed by atoms with Crippen LogP contribution in [-0.2, 0) is 19.3 Å². The highest BCUT2D eigenvalue weighted by Crippen LogP contribution is 2.28. The van der Waals surface area contributed by atoms with Crippen LogP contribution in [0.15, 0.2) is 55.6 Å². The average molecular weight is 415 g/mol. The Morgan fingerprint density at radius 3 is 1.97 bits per heavy atom. The number of hydrogen-bond acceptors (Lipinski definition) is 0. The van der Waals surface area contributed by atoms with Crippen molar-refractivity contribution in [3.8, 4) is 0 Å². The molecule has 0 unspecified atom stereocenters. The molecule has 2 aromatic rings. The van der Waals surface area contributed by atoms with Crippen LogP contribution in [0.5, 0.6) is 0 Å². The molecule has 2 aromatic carbocycles. The third-order valence-electron chi connectivity index (χ3n) is 7.05. The zero-order chi connectivity index (χ0) is 22.1. The van der Waals surface area contributed by atoms with E-state index in [2.05, 4.69) is 69.5 Å². The van der Waals surface area contributed by atoms with Crippen molar-refractivity contribution in [2.24, 2.45) is 5.92 Å². The molecule has 0 spiro atoms. The molecule has 1 saturated carbocycles. The van der Waals surface area contributed by atoms with E-state index in [-0.39, 0.29) is 0 Å². The normalized spacial score (nSPS) is 14.5. The molecule has 31 heavy (non-hydrogen) atoms. The SMILES string of the molecule is C=C(C)c1ccc(CCCCc2ccc(CCCC3CCCCC3)cc2)c(C(=C)C)c1. The minimum absolute atomic E-state index is 1.01. The van der Waals surface area contributed by atoms with Gasteiger partial charge in [0.15, 0.2) is 0 Å². The average Bonchev–Trinajstić information content (AvgIpc) is 2.78. The minimum atomic E-state index is 1.01. The van der Waals surface area contributed by atoms with Gasteiger partial charge in [-0.15, -0.1) is 0 Å². The Hall–Kier alpha value is -2.08. The third-order valence-corrected chi connectivity index (χ3v) is 7.05. The summed E-state index contributed by atoms with van der Waals surface area (Å²) >= 11 is 0. The summed E-state index contributed by atoms with van der Waals surface area (Å²) < 4.78 is 0. The van der Waals surface area contributed by atoms with Gasteiger partial charge in [-0.2, -0.15) is 0 Å². The van der Waals surface area contributed by atoms with Gasteiger partial charge < -0.3 is 0 Å². The van der Waals surface area contributed by atoms with Crippen molar-refractivity contribution in [2.75, 3.05) is 0 Å². The Labute approximate surface area is 191 Å². The molecule has 0 aliphatic heterocycles. The summed E-state index contributed by atoms with van der Waals surface area (Å²) in [6.07, 6.45) is 16.1. The van der Waals surface area contributed by atoms with E-state index in [1.807, 2.05) is 0 Å². The summed E-state index contributed by atoms with van der Waals surface area (Å²) in [5, 5.41) is 0. The van der Waals surface area contributed by atoms with Crippen LogP contribution in [-0.4, -0.2) is 0 Å². The Balaban J connectivity index is 1.40. The van der Waals surface area contributed by atoms with Crippen LogP contribution in [0.2, 0.25) is 0 Å². The Kier molecular flexibility index (Phi) is 9.19. The second kappa shape index (κ2) is 12.1. The van der Waals surface area contributed by atoms with Crippen LogP contribution in [0.4, 0.5) is 0 Å². The van der Waals surface area contributed by atoms with E-state index in [4.69, 9.17) is 0 Å². The molecule has 166 valence electrons. The lowest BCUT2D eigenvalue weighted by Crippen LogP contribution is -2.06. The standard InChI is InChI=1S/C31H42/c1-24(2)30-22-21-29(31(23-30)25(3)4)16-9-8-13-27-17-19-28(20-18-27)15-10-14-26-11-6-5-7-12-26/h17-23,26H,1,3,5-16H2,2,4H3. The topological polar surface area (TPSA) is 0 Å². The van der Waals surface area contributed by atoms with Crippen LogP contribution in [0.1, 0.15) is 99.5 Å². The van der Waals surface area contributed by atoms with Gasteiger partial charge in [-0.05, 0) is 92.2 Å². The fourth-order valence-corrected chi connectivity index (χ4v) is 5.05. The summed E-state index contributed by atoms with van der Waals surface area (Å²) in [6, 6.07) is 16.2. The van der Waals surface area contributed by atoms with Crippen molar-refractivity contribution < 1.29 is 0 Å². The second-order valence-corrected chi connectivity index (χ2v) is 9.85. The molecule has 0 amide bonds. The summed E-state index contributed by atoms with van der Waals surface area (Å²) in [4.78, 5) is 0. The lowest BCUT2D eigenvalue weighted by atomic mass is 9.85. The van der Waals surface area contributed by atoms with E-state index in [0.29, 0.717) is 0 Å². The lowest BCUT2D eigenvalue weighted by Gasteiger charge is -2.21. The van der Waals surface area contributed by atoms with Crippen molar-refractivity contribution in [3.63, 3.8) is 0 Å². The summed E-state index contributed by atoms with van der Waals surface area (Å²) in [5.41, 5.74) is 9.21. The first-order valence-corrected chi connectivity index (χ1v) is 12.6. The first-order valence-electron chi connectivity index (χ1n) is 12.6. The first kappa shape index (κ1) is 23.6. The third kappa shape index (κ3) is 7.53. The Morgan fingerprint density at radius 2 is 1.35 bits per heavy atom. The van der Waals surface area contributed by atoms with Gasteiger partial charge in [-0.25, -0.2) is 0 Å². The van der Waals surface area contributed by atoms with Gasteiger partial charge in [0.25, 0.3) is 0 Å². The molecule has 0 radical (unpaired) electrons. The van der Waals surface area contributed by atoms with Crippen molar-refractivity contribution in [1.82, 2.24) is 0 Å². The molecule has 0 N–H and O–H groups in total. The highest BCUT2D eigenvalue weighted by Gasteiger charge is 2.12. The van der Waals surface area contributed by atoms with Crippen LogP contribution >= 0.6 is 0 Å². The van der Waals surface area contributed by atoms with Gasteiger partial charge in [0.1, 0.15) is 0 Å². The van der Waals surface area contributed by atoms with E-state index >= 15 is 0 Å². The van der Waals surface area contributed by atoms with E-state index in [1.165, 1.54) is 98.4 Å². The highest BCUT2D eigenvalue weighted by atomic mass is 14.2. The van der Waals surface area contributed by atoms with Crippen molar-refractivity contribution in [2.45, 2.75) is 90.9 Å². The second-order valence-electron chi connectivity index (χ2n) is 9.85. The smallest absolute Gasteiger partial charge is 0.0195 e. The molecular weight excluding hydrogens is 372 g/mol. The molecule has 1 fully saturated rings. The summed E-state index contributed by atoms with van der Waals surface area (Å²) in [7, 11) is 0. The van der Waals surface area contributed by atoms with Crippen molar-refractivity contribution >= 4 is 11.1 Å². The van der Waals surface area contributed by atoms with Gasteiger partial charge in [-0.3, -0.25) is 0 Å². The number of aryl methyl sites for hydroxylation is 3. The van der Waals surface area contributed by atoms with E-state index in [0.717, 1.165) is 23.5 Å². The molecule has 1 aliphatic carbocycles. The maximum Gasteiger partial charge on any atom is -0.0195 e. The van der Waals surface area contributed by atoms with Crippen molar-refractivity contribution in [1.29, 1.82) is 0 Å². The van der Waals surface area contributed by atoms with Gasteiger partial charge in [0.05, 0.1) is 0 Å². The van der Waals surface area contributed by atoms with Gasteiger partial charge >= 0.3 is 0 Å². The molecule has 3 rings (SSSR count). The monoisotopic (exact) mass is 414 g/mol. The predicted octanol–water partition coefficient (Wildman–Crippen LogP) is 9.22. The maximum atomic E-state index is 4.19. The van der Waals surface area contributed by atoms with Crippen LogP contribution in [0.3, 0.4) is 0 Å². The Morgan fingerprint density at radius 1 is 0.742 bits per heavy atom. The maximum absolute atomic E-state index is 4.19. The molecule has 0 heterocycles. The van der Waals surface area contributed by atoms with E-state index in [1.54, 1.807) is 0 Å². The first-order chi connectivity index (χ1) is 15.0. The number of allylic oxidation sites excluding steroid dienone is 2. The zero-order valence-corrected chi connectivity index (χ0v) is 20.0. The molecule has 0 atom stereocenters. The van der Waals surface area contributed by atoms with Crippen LogP contribution in [0, 0.1) is 5.92 Å². The highest BCUT2D eigenvalue weighted by molar-refractivity contribution is 5.71. The van der Waals surface area contributed by atoms with Gasteiger partial charge in [-0.1, -0.05) is 99.2 Å². The number of hydrogen-bond donors (Lipinski definition) is 0. The zero-order valence-electron chi connectivity index (χ0n) is 20.0. The molecule has 0 saturated heterocycles. The number of benzene rings is 2. The van der Waals surface area contributed by atoms with Crippen molar-refractivity contribution in [3.05, 3.63) is 83.4 Å². The fraction of sp³-hybridized carbons (Fsp3) is 0.484. The Bertz CT molecular complexity index is 846. The molecule has 0 bridgehead atoms. The molecule has 0 aromatic heterocycles. The van der Waals surface area contributed by atoms with Gasteiger partial charge in [0.2, 0.25) is 0 Å². The van der Waals surface area contributed by atoms with Gasteiger partial charge in [0, 0.05) is 0 Å². The summed E-state index contributed by atoms with van der Waals surface area (Å²) in [5.74, 6) is 1.01. The van der Waals surface area contributed by atoms with Crippen LogP contribution < -0.4 is 0 Å². The molecule has 0 heteroatoms. The molecule has 1 aliphatic rings. The van der Waals surface area contributed by atoms with E-state index in [9.17, 15) is 0 Å². The molecule has 0 nitrogen and oxygen atoms in total. The lowest BCUT2D eigenvalue weighted by molar-refractivity contribution is 0.332. The predicted molar refractivity (Wildman–Crippen MR) is 138 cm³/mol. The fourth-order valence-electron chi connectivity index (χ4n) is 5.05. The number of unbranched alkanes of at least 4 members (excludes halogenated alkanes) is 1. The van der Waals surface area contributed by atoms with Crippen LogP contribution in [0.25, 0.3) is 11.1 Å². The number of rotatable bonds is 11. The van der Waals surface area contributed by atoms with E-state index < -0.39 is 0 Å². The minimum Gasteiger partial charge on any atom is -0.0955 e. The largest absolute Gasteiger partial charge is 0.0955 e.